The zero-order valence-electron chi connectivity index (χ0n) is 30.6. The van der Waals surface area contributed by atoms with Crippen LogP contribution in [-0.2, 0) is 17.1 Å². The number of hydrogen-bond donors (Lipinski definition) is 0. The monoisotopic (exact) mass is 791 g/mol. The van der Waals surface area contributed by atoms with Crippen LogP contribution in [-0.4, -0.2) is 13.1 Å². The first-order valence-corrected chi connectivity index (χ1v) is 20.8. The van der Waals surface area contributed by atoms with Crippen LogP contribution >= 0.6 is 16.1 Å². The SMILES string of the molecule is C[C@@H]([C]1[CH][CH][CH][C]1[P@](c1ccccc1)c1cccc2ccccc12)N(C)p1oc2ccc3ccccc3c2c2c(ccc3ccccc32)o1.[CH]1[CH][CH][CH][CH]1.[Fe+2]. The van der Waals surface area contributed by atoms with E-state index in [2.05, 4.69) is 183 Å². The second-order valence-electron chi connectivity index (χ2n) is 13.5. The number of fused-ring (bicyclic) bond motifs is 8. The summed E-state index contributed by atoms with van der Waals surface area (Å²) in [5.74, 6) is 1.29. The van der Waals surface area contributed by atoms with Crippen molar-refractivity contribution in [2.75, 3.05) is 11.7 Å². The van der Waals surface area contributed by atoms with Crippen LogP contribution in [0.3, 0.4) is 0 Å². The van der Waals surface area contributed by atoms with E-state index in [0.29, 0.717) is 0 Å². The Kier molecular flexibility index (Phi) is 11.8. The van der Waals surface area contributed by atoms with Gasteiger partial charge in [0.1, 0.15) is 11.2 Å². The summed E-state index contributed by atoms with van der Waals surface area (Å²) < 4.78 is 16.2. The van der Waals surface area contributed by atoms with E-state index in [-0.39, 0.29) is 23.1 Å². The molecule has 0 N–H and O–H groups in total. The van der Waals surface area contributed by atoms with Gasteiger partial charge in [0.25, 0.3) is 0 Å². The molecule has 8 aromatic rings. The van der Waals surface area contributed by atoms with Crippen molar-refractivity contribution in [3.8, 4) is 0 Å². The van der Waals surface area contributed by atoms with Crippen molar-refractivity contribution in [1.82, 2.24) is 0 Å². The molecule has 0 spiro atoms. The van der Waals surface area contributed by atoms with E-state index in [0.717, 1.165) is 32.7 Å². The Morgan fingerprint density at radius 1 is 0.509 bits per heavy atom. The van der Waals surface area contributed by atoms with Gasteiger partial charge in [-0.15, -0.1) is 0 Å². The smallest absolute Gasteiger partial charge is 0.408 e. The van der Waals surface area contributed by atoms with E-state index in [1.165, 1.54) is 43.7 Å². The van der Waals surface area contributed by atoms with Crippen molar-refractivity contribution >= 4 is 81.0 Å². The van der Waals surface area contributed by atoms with Gasteiger partial charge in [-0.3, -0.25) is 0 Å². The van der Waals surface area contributed by atoms with Crippen LogP contribution < -0.4 is 15.3 Å². The summed E-state index contributed by atoms with van der Waals surface area (Å²) in [6.07, 6.45) is 16.8. The summed E-state index contributed by atoms with van der Waals surface area (Å²) in [6.45, 7) is 2.28. The molecule has 1 heterocycles. The summed E-state index contributed by atoms with van der Waals surface area (Å²) in [4.78, 5) is 0. The molecule has 0 aliphatic heterocycles. The molecule has 3 nitrogen and oxygen atoms in total. The van der Waals surface area contributed by atoms with E-state index in [1.807, 2.05) is 32.1 Å². The molecule has 0 amide bonds. The summed E-state index contributed by atoms with van der Waals surface area (Å²) >= 11 is 0. The van der Waals surface area contributed by atoms with Gasteiger partial charge < -0.3 is 8.39 Å². The molecular formula is C49H39FeNO2P2+2. The van der Waals surface area contributed by atoms with Crippen molar-refractivity contribution in [2.45, 2.75) is 13.0 Å². The number of rotatable bonds is 6. The van der Waals surface area contributed by atoms with Crippen LogP contribution in [0.1, 0.15) is 6.92 Å². The maximum atomic E-state index is 6.98. The van der Waals surface area contributed by atoms with Crippen molar-refractivity contribution in [2.24, 2.45) is 0 Å². The molecule has 2 saturated carbocycles. The molecular weight excluding hydrogens is 752 g/mol. The minimum atomic E-state index is -1.52. The van der Waals surface area contributed by atoms with Crippen LogP contribution in [0, 0.1) is 62.9 Å². The van der Waals surface area contributed by atoms with E-state index in [4.69, 9.17) is 8.39 Å². The molecule has 2 atom stereocenters. The number of hydrogen-bond acceptors (Lipinski definition) is 3. The third-order valence-electron chi connectivity index (χ3n) is 10.3. The molecule has 10 radical (unpaired) electrons. The first kappa shape index (κ1) is 38.0. The van der Waals surface area contributed by atoms with Gasteiger partial charge in [0, 0.05) is 35.4 Å². The van der Waals surface area contributed by atoms with E-state index in [1.54, 1.807) is 0 Å². The molecule has 6 heteroatoms. The van der Waals surface area contributed by atoms with Gasteiger partial charge in [-0.25, -0.2) is 4.67 Å². The predicted octanol–water partition coefficient (Wildman–Crippen LogP) is 12.6. The van der Waals surface area contributed by atoms with Gasteiger partial charge in [-0.2, -0.15) is 0 Å². The summed E-state index contributed by atoms with van der Waals surface area (Å²) in [6, 6.07) is 52.2. The first-order valence-electron chi connectivity index (χ1n) is 18.3. The molecule has 55 heavy (non-hydrogen) atoms. The second kappa shape index (κ2) is 17.1. The summed E-state index contributed by atoms with van der Waals surface area (Å²) in [5, 5.41) is 12.2. The Balaban J connectivity index is 0.000000661. The van der Waals surface area contributed by atoms with Crippen LogP contribution in [0.2, 0.25) is 0 Å². The minimum absolute atomic E-state index is 0. The molecule has 2 aliphatic rings. The molecule has 268 valence electrons. The fourth-order valence-electron chi connectivity index (χ4n) is 7.52. The summed E-state index contributed by atoms with van der Waals surface area (Å²) in [7, 11) is -0.209. The number of nitrogens with zero attached hydrogens (tertiary/aromatic N) is 1. The van der Waals surface area contributed by atoms with Crippen LogP contribution in [0.5, 0.6) is 0 Å². The number of benzene rings is 7. The van der Waals surface area contributed by atoms with Crippen molar-refractivity contribution in [1.29, 1.82) is 0 Å². The Hall–Kier alpha value is -3.87. The normalized spacial score (nSPS) is 16.1. The molecule has 0 saturated heterocycles. The molecule has 0 bridgehead atoms. The van der Waals surface area contributed by atoms with Gasteiger partial charge in [0.15, 0.2) is 0 Å². The van der Waals surface area contributed by atoms with E-state index in [9.17, 15) is 0 Å². The molecule has 2 fully saturated rings. The fraction of sp³-hybridized carbons (Fsp3) is 0.0612. The molecule has 7 aromatic carbocycles. The van der Waals surface area contributed by atoms with E-state index < -0.39 is 16.1 Å². The minimum Gasteiger partial charge on any atom is -0.408 e. The van der Waals surface area contributed by atoms with Gasteiger partial charge in [0.05, 0.1) is 0 Å². The molecule has 10 rings (SSSR count). The maximum Gasteiger partial charge on any atom is 2.00 e. The second-order valence-corrected chi connectivity index (χ2v) is 17.1. The van der Waals surface area contributed by atoms with Crippen molar-refractivity contribution < 1.29 is 25.5 Å². The van der Waals surface area contributed by atoms with E-state index >= 15 is 0 Å². The Bertz CT molecular complexity index is 2490. The maximum absolute atomic E-state index is 6.98. The standard InChI is InChI=1S/C44H34NO2P2.C5H5.Fe/c1-30(35-23-13-25-41(35)48(34-18-4-3-5-19-34)42-24-12-17-31-14-6-9-20-36(31)42)45(2)49-46-39-28-26-32-15-7-10-21-37(32)43(39)44-38-22-11-8-16-33(38)27-29-40(44)47-49;1-2-4-5-3-1;/h3-30H,1-2H3;1-5H;/q;;+2/t30-,48-;;/m0../s1. The quantitative estimate of drug-likeness (QED) is 0.124. The molecule has 0 unspecified atom stereocenters. The average Bonchev–Trinajstić information content (AvgIpc) is 3.95. The largest absolute Gasteiger partial charge is 2.00 e. The van der Waals surface area contributed by atoms with Crippen molar-refractivity contribution in [3.63, 3.8) is 0 Å². The van der Waals surface area contributed by atoms with Gasteiger partial charge in [-0.1, -0.05) is 133 Å². The third kappa shape index (κ3) is 7.54. The average molecular weight is 792 g/mol. The fourth-order valence-corrected chi connectivity index (χ4v) is 11.6. The Morgan fingerprint density at radius 3 is 1.58 bits per heavy atom. The molecule has 2 aliphatic carbocycles. The van der Waals surface area contributed by atoms with Gasteiger partial charge >= 0.3 is 25.2 Å². The Labute approximate surface area is 337 Å². The van der Waals surface area contributed by atoms with Gasteiger partial charge in [-0.05, 0) is 121 Å². The summed E-state index contributed by atoms with van der Waals surface area (Å²) in [5.41, 5.74) is 3.06. The van der Waals surface area contributed by atoms with Crippen LogP contribution in [0.25, 0.3) is 54.3 Å². The zero-order valence-corrected chi connectivity index (χ0v) is 33.5. The van der Waals surface area contributed by atoms with Gasteiger partial charge in [0.2, 0.25) is 0 Å². The zero-order chi connectivity index (χ0) is 36.4. The Morgan fingerprint density at radius 2 is 1.00 bits per heavy atom. The third-order valence-corrected chi connectivity index (χ3v) is 14.4. The topological polar surface area (TPSA) is 29.5 Å². The first-order chi connectivity index (χ1) is 26.7. The predicted molar refractivity (Wildman–Crippen MR) is 232 cm³/mol. The van der Waals surface area contributed by atoms with Crippen LogP contribution in [0.4, 0.5) is 0 Å². The van der Waals surface area contributed by atoms with Crippen molar-refractivity contribution in [3.05, 3.63) is 209 Å². The molecule has 1 aromatic heterocycles. The van der Waals surface area contributed by atoms with Crippen LogP contribution in [0.15, 0.2) is 154 Å².